The largest absolute Gasteiger partial charge is 0.380 e. The first kappa shape index (κ1) is 10.9. The van der Waals surface area contributed by atoms with E-state index in [0.717, 1.165) is 5.17 Å². The number of amidine groups is 1. The fourth-order valence-corrected chi connectivity index (χ4v) is 2.86. The summed E-state index contributed by atoms with van der Waals surface area (Å²) in [5.74, 6) is 0. The molecule has 0 saturated heterocycles. The second-order valence-electron chi connectivity index (χ2n) is 3.14. The Balaban J connectivity index is 2.43. The Kier molecular flexibility index (Phi) is 4.59. The van der Waals surface area contributed by atoms with Crippen molar-refractivity contribution in [3.63, 3.8) is 0 Å². The quantitative estimate of drug-likeness (QED) is 0.544. The van der Waals surface area contributed by atoms with Crippen LogP contribution >= 0.6 is 11.8 Å². The van der Waals surface area contributed by atoms with E-state index in [9.17, 15) is 0 Å². The van der Waals surface area contributed by atoms with Crippen LogP contribution in [0.15, 0.2) is 4.99 Å². The van der Waals surface area contributed by atoms with Crippen LogP contribution in [-0.4, -0.2) is 37.7 Å². The summed E-state index contributed by atoms with van der Waals surface area (Å²) in [6.07, 6.45) is 4.12. The van der Waals surface area contributed by atoms with Gasteiger partial charge in [0.1, 0.15) is 0 Å². The normalized spacial score (nSPS) is 29.3. The lowest BCUT2D eigenvalue weighted by Crippen LogP contribution is -2.24. The lowest BCUT2D eigenvalue weighted by Gasteiger charge is -2.17. The molecule has 1 fully saturated rings. The standard InChI is InChI=1S/C9H18N2OS/c1-10-9(11-2)13-8-6-4-5-7(8)12-3/h7-8H,4-6H2,1-3H3,(H,10,11). The average molecular weight is 202 g/mol. The summed E-state index contributed by atoms with van der Waals surface area (Å²) in [6, 6.07) is 0. The number of methoxy groups -OCH3 is 1. The van der Waals surface area contributed by atoms with E-state index in [2.05, 4.69) is 10.3 Å². The van der Waals surface area contributed by atoms with Crippen molar-refractivity contribution in [1.29, 1.82) is 0 Å². The van der Waals surface area contributed by atoms with Gasteiger partial charge < -0.3 is 10.1 Å². The number of ether oxygens (including phenoxy) is 1. The summed E-state index contributed by atoms with van der Waals surface area (Å²) in [5.41, 5.74) is 0. The lowest BCUT2D eigenvalue weighted by atomic mass is 10.3. The highest BCUT2D eigenvalue weighted by Crippen LogP contribution is 2.31. The van der Waals surface area contributed by atoms with E-state index in [1.165, 1.54) is 19.3 Å². The molecular formula is C9H18N2OS. The highest BCUT2D eigenvalue weighted by molar-refractivity contribution is 8.14. The van der Waals surface area contributed by atoms with Crippen LogP contribution in [0.5, 0.6) is 0 Å². The van der Waals surface area contributed by atoms with E-state index in [-0.39, 0.29) is 0 Å². The molecule has 2 atom stereocenters. The van der Waals surface area contributed by atoms with Gasteiger partial charge in [0.05, 0.1) is 6.10 Å². The van der Waals surface area contributed by atoms with Crippen molar-refractivity contribution in [3.05, 3.63) is 0 Å². The minimum Gasteiger partial charge on any atom is -0.380 e. The lowest BCUT2D eigenvalue weighted by molar-refractivity contribution is 0.113. The fourth-order valence-electron chi connectivity index (χ4n) is 1.66. The zero-order valence-corrected chi connectivity index (χ0v) is 9.36. The van der Waals surface area contributed by atoms with Gasteiger partial charge in [0.2, 0.25) is 0 Å². The first-order chi connectivity index (χ1) is 6.31. The second-order valence-corrected chi connectivity index (χ2v) is 4.37. The van der Waals surface area contributed by atoms with Crippen LogP contribution in [0, 0.1) is 0 Å². The van der Waals surface area contributed by atoms with E-state index in [0.29, 0.717) is 11.4 Å². The van der Waals surface area contributed by atoms with Crippen LogP contribution < -0.4 is 5.32 Å². The molecule has 2 unspecified atom stereocenters. The number of rotatable bonds is 2. The number of thioether (sulfide) groups is 1. The van der Waals surface area contributed by atoms with Crippen molar-refractivity contribution in [1.82, 2.24) is 5.32 Å². The van der Waals surface area contributed by atoms with Crippen molar-refractivity contribution >= 4 is 16.9 Å². The maximum atomic E-state index is 5.41. The molecule has 0 heterocycles. The van der Waals surface area contributed by atoms with Crippen LogP contribution in [0.2, 0.25) is 0 Å². The van der Waals surface area contributed by atoms with E-state index in [1.54, 1.807) is 18.9 Å². The summed E-state index contributed by atoms with van der Waals surface area (Å²) in [7, 11) is 5.52. The van der Waals surface area contributed by atoms with Gasteiger partial charge in [0, 0.05) is 26.5 Å². The third-order valence-corrected chi connectivity index (χ3v) is 3.83. The number of hydrogen-bond donors (Lipinski definition) is 1. The van der Waals surface area contributed by atoms with Crippen molar-refractivity contribution < 1.29 is 4.74 Å². The SMILES string of the molecule is CN=C(NC)SC1CCCC1OC. The number of nitrogens with zero attached hydrogens (tertiary/aromatic N) is 1. The molecule has 0 aromatic rings. The Bertz CT molecular complexity index is 184. The van der Waals surface area contributed by atoms with Crippen LogP contribution in [0.1, 0.15) is 19.3 Å². The molecule has 1 rings (SSSR count). The van der Waals surface area contributed by atoms with Gasteiger partial charge in [-0.15, -0.1) is 0 Å². The molecule has 1 aliphatic carbocycles. The Morgan fingerprint density at radius 2 is 2.31 bits per heavy atom. The van der Waals surface area contributed by atoms with Crippen LogP contribution in [0.25, 0.3) is 0 Å². The van der Waals surface area contributed by atoms with Gasteiger partial charge >= 0.3 is 0 Å². The summed E-state index contributed by atoms with van der Waals surface area (Å²) in [5, 5.41) is 4.67. The van der Waals surface area contributed by atoms with Gasteiger partial charge in [-0.1, -0.05) is 11.8 Å². The zero-order valence-electron chi connectivity index (χ0n) is 8.54. The smallest absolute Gasteiger partial charge is 0.156 e. The molecule has 1 aliphatic rings. The highest BCUT2D eigenvalue weighted by Gasteiger charge is 2.28. The Labute approximate surface area is 84.3 Å². The third-order valence-electron chi connectivity index (χ3n) is 2.37. The fraction of sp³-hybridized carbons (Fsp3) is 0.889. The Hall–Kier alpha value is -0.220. The molecule has 0 radical (unpaired) electrons. The minimum atomic E-state index is 0.412. The Morgan fingerprint density at radius 3 is 2.85 bits per heavy atom. The third kappa shape index (κ3) is 2.88. The highest BCUT2D eigenvalue weighted by atomic mass is 32.2. The predicted molar refractivity (Wildman–Crippen MR) is 58.4 cm³/mol. The summed E-state index contributed by atoms with van der Waals surface area (Å²) in [6.45, 7) is 0. The van der Waals surface area contributed by atoms with Gasteiger partial charge in [-0.3, -0.25) is 4.99 Å². The predicted octanol–water partition coefficient (Wildman–Crippen LogP) is 1.49. The zero-order chi connectivity index (χ0) is 9.68. The molecule has 0 spiro atoms. The molecule has 0 bridgehead atoms. The maximum Gasteiger partial charge on any atom is 0.156 e. The first-order valence-electron chi connectivity index (χ1n) is 4.65. The van der Waals surface area contributed by atoms with Gasteiger partial charge in [-0.2, -0.15) is 0 Å². The number of hydrogen-bond acceptors (Lipinski definition) is 3. The van der Waals surface area contributed by atoms with Crippen molar-refractivity contribution in [2.45, 2.75) is 30.6 Å². The molecule has 1 N–H and O–H groups in total. The summed E-state index contributed by atoms with van der Waals surface area (Å²) >= 11 is 1.80. The molecular weight excluding hydrogens is 184 g/mol. The molecule has 4 heteroatoms. The van der Waals surface area contributed by atoms with Gasteiger partial charge in [0.25, 0.3) is 0 Å². The van der Waals surface area contributed by atoms with E-state index in [1.807, 2.05) is 14.1 Å². The molecule has 13 heavy (non-hydrogen) atoms. The van der Waals surface area contributed by atoms with Crippen molar-refractivity contribution in [2.24, 2.45) is 4.99 Å². The second kappa shape index (κ2) is 5.50. The minimum absolute atomic E-state index is 0.412. The van der Waals surface area contributed by atoms with Crippen LogP contribution in [-0.2, 0) is 4.74 Å². The van der Waals surface area contributed by atoms with Crippen molar-refractivity contribution in [2.75, 3.05) is 21.2 Å². The van der Waals surface area contributed by atoms with E-state index >= 15 is 0 Å². The average Bonchev–Trinajstić information content (AvgIpc) is 2.61. The maximum absolute atomic E-state index is 5.41. The topological polar surface area (TPSA) is 33.6 Å². The van der Waals surface area contributed by atoms with Crippen molar-refractivity contribution in [3.8, 4) is 0 Å². The van der Waals surface area contributed by atoms with Gasteiger partial charge in [-0.05, 0) is 19.3 Å². The number of aliphatic imine (C=N–C) groups is 1. The van der Waals surface area contributed by atoms with Gasteiger partial charge in [-0.25, -0.2) is 0 Å². The van der Waals surface area contributed by atoms with Gasteiger partial charge in [0.15, 0.2) is 5.17 Å². The molecule has 3 nitrogen and oxygen atoms in total. The van der Waals surface area contributed by atoms with Crippen LogP contribution in [0.3, 0.4) is 0 Å². The van der Waals surface area contributed by atoms with Crippen LogP contribution in [0.4, 0.5) is 0 Å². The Morgan fingerprint density at radius 1 is 1.54 bits per heavy atom. The summed E-state index contributed by atoms with van der Waals surface area (Å²) < 4.78 is 5.41. The molecule has 0 aromatic carbocycles. The molecule has 0 amide bonds. The molecule has 76 valence electrons. The number of nitrogens with one attached hydrogen (secondary N) is 1. The first-order valence-corrected chi connectivity index (χ1v) is 5.53. The van der Waals surface area contributed by atoms with E-state index in [4.69, 9.17) is 4.74 Å². The monoisotopic (exact) mass is 202 g/mol. The van der Waals surface area contributed by atoms with E-state index < -0.39 is 0 Å². The molecule has 0 aliphatic heterocycles. The summed E-state index contributed by atoms with van der Waals surface area (Å²) in [4.78, 5) is 4.15. The molecule has 1 saturated carbocycles. The molecule has 0 aromatic heterocycles.